The lowest BCUT2D eigenvalue weighted by Gasteiger charge is -2.38. The van der Waals surface area contributed by atoms with Crippen molar-refractivity contribution in [2.45, 2.75) is 49.6 Å². The first-order valence-corrected chi connectivity index (χ1v) is 12.8. The summed E-state index contributed by atoms with van der Waals surface area (Å²) >= 11 is 0. The Bertz CT molecular complexity index is 829. The maximum atomic E-state index is 12.4. The van der Waals surface area contributed by atoms with E-state index in [0.29, 0.717) is 29.3 Å². The van der Waals surface area contributed by atoms with Gasteiger partial charge in [0.15, 0.2) is 9.84 Å². The van der Waals surface area contributed by atoms with E-state index in [0.717, 1.165) is 76.9 Å². The summed E-state index contributed by atoms with van der Waals surface area (Å²) in [5, 5.41) is 0. The molecule has 160 valence electrons. The van der Waals surface area contributed by atoms with Gasteiger partial charge < -0.3 is 4.90 Å². The van der Waals surface area contributed by atoms with Gasteiger partial charge in [-0.1, -0.05) is 18.2 Å². The first-order valence-electron chi connectivity index (χ1n) is 10.9. The molecule has 0 bridgehead atoms. The highest BCUT2D eigenvalue weighted by molar-refractivity contribution is 7.90. The van der Waals surface area contributed by atoms with E-state index in [9.17, 15) is 13.2 Å². The van der Waals surface area contributed by atoms with E-state index in [4.69, 9.17) is 0 Å². The fourth-order valence-electron chi connectivity index (χ4n) is 4.79. The van der Waals surface area contributed by atoms with Crippen molar-refractivity contribution in [3.05, 3.63) is 29.8 Å². The molecule has 3 aliphatic rings. The number of hydrogen-bond acceptors (Lipinski definition) is 5. The van der Waals surface area contributed by atoms with E-state index in [-0.39, 0.29) is 0 Å². The molecule has 0 N–H and O–H groups in total. The highest BCUT2D eigenvalue weighted by Gasteiger charge is 2.35. The third kappa shape index (κ3) is 5.19. The molecule has 6 nitrogen and oxygen atoms in total. The monoisotopic (exact) mass is 419 g/mol. The number of carbonyl (C=O) groups is 1. The van der Waals surface area contributed by atoms with Gasteiger partial charge in [0.2, 0.25) is 5.91 Å². The first-order chi connectivity index (χ1) is 13.9. The molecular formula is C22H33N3O3S. The summed E-state index contributed by atoms with van der Waals surface area (Å²) in [6, 6.07) is 7.93. The van der Waals surface area contributed by atoms with Crippen molar-refractivity contribution >= 4 is 15.7 Å². The molecular weight excluding hydrogens is 386 g/mol. The number of likely N-dealkylation sites (tertiary alicyclic amines) is 1. The van der Waals surface area contributed by atoms with Crippen LogP contribution >= 0.6 is 0 Å². The van der Waals surface area contributed by atoms with Crippen LogP contribution in [-0.4, -0.2) is 80.6 Å². The average molecular weight is 420 g/mol. The third-order valence-corrected chi connectivity index (χ3v) is 7.81. The molecule has 0 radical (unpaired) electrons. The molecule has 2 aliphatic heterocycles. The molecule has 0 unspecified atom stereocenters. The van der Waals surface area contributed by atoms with Crippen LogP contribution in [0.3, 0.4) is 0 Å². The van der Waals surface area contributed by atoms with E-state index in [1.54, 1.807) is 12.1 Å². The van der Waals surface area contributed by atoms with Gasteiger partial charge in [0.1, 0.15) is 0 Å². The Morgan fingerprint density at radius 2 is 1.69 bits per heavy atom. The van der Waals surface area contributed by atoms with Crippen LogP contribution in [0.5, 0.6) is 0 Å². The quantitative estimate of drug-likeness (QED) is 0.731. The predicted molar refractivity (Wildman–Crippen MR) is 113 cm³/mol. The molecule has 2 heterocycles. The number of sulfone groups is 1. The van der Waals surface area contributed by atoms with Crippen LogP contribution in [0.15, 0.2) is 29.2 Å². The van der Waals surface area contributed by atoms with Crippen LogP contribution < -0.4 is 0 Å². The second-order valence-corrected chi connectivity index (χ2v) is 10.9. The topological polar surface area (TPSA) is 60.9 Å². The summed E-state index contributed by atoms with van der Waals surface area (Å²) in [5.41, 5.74) is 0.900. The second-order valence-electron chi connectivity index (χ2n) is 8.88. The maximum absolute atomic E-state index is 12.4. The molecule has 1 aromatic carbocycles. The van der Waals surface area contributed by atoms with Crippen LogP contribution in [0.2, 0.25) is 0 Å². The lowest BCUT2D eigenvalue weighted by atomic mass is 10.0. The van der Waals surface area contributed by atoms with E-state index >= 15 is 0 Å². The number of hydrogen-bond donors (Lipinski definition) is 0. The van der Waals surface area contributed by atoms with Gasteiger partial charge in [-0.2, -0.15) is 0 Å². The van der Waals surface area contributed by atoms with E-state index in [1.165, 1.54) is 6.26 Å². The van der Waals surface area contributed by atoms with Crippen LogP contribution in [-0.2, 0) is 21.2 Å². The third-order valence-electron chi connectivity index (χ3n) is 6.61. The molecule has 2 saturated heterocycles. The number of amides is 1. The summed E-state index contributed by atoms with van der Waals surface area (Å²) in [7, 11) is -3.20. The minimum atomic E-state index is -3.20. The standard InChI is InChI=1S/C22H33N3O3S/c1-29(27,28)21-6-3-2-5-19(21)17-23-13-9-20(10-14-23)24-11-4-12-25(16-15-24)22(26)18-7-8-18/h2-3,5-6,18,20H,4,7-17H2,1H3. The molecule has 0 atom stereocenters. The van der Waals surface area contributed by atoms with Crippen LogP contribution in [0, 0.1) is 5.92 Å². The van der Waals surface area contributed by atoms with Gasteiger partial charge in [0.05, 0.1) is 4.90 Å². The number of piperidine rings is 1. The predicted octanol–water partition coefficient (Wildman–Crippen LogP) is 2.00. The molecule has 7 heteroatoms. The molecule has 29 heavy (non-hydrogen) atoms. The summed E-state index contributed by atoms with van der Waals surface area (Å²) in [6.45, 7) is 6.52. The minimum Gasteiger partial charge on any atom is -0.341 e. The van der Waals surface area contributed by atoms with Gasteiger partial charge in [-0.3, -0.25) is 14.6 Å². The molecule has 1 aliphatic carbocycles. The zero-order valence-corrected chi connectivity index (χ0v) is 18.2. The zero-order chi connectivity index (χ0) is 20.4. The fourth-order valence-corrected chi connectivity index (χ4v) is 5.73. The summed E-state index contributed by atoms with van der Waals surface area (Å²) in [4.78, 5) is 19.9. The summed E-state index contributed by atoms with van der Waals surface area (Å²) < 4.78 is 24.1. The van der Waals surface area contributed by atoms with E-state index in [2.05, 4.69) is 14.7 Å². The summed E-state index contributed by atoms with van der Waals surface area (Å²) in [6.07, 6.45) is 6.74. The Labute approximate surface area is 174 Å². The smallest absolute Gasteiger partial charge is 0.225 e. The van der Waals surface area contributed by atoms with Gasteiger partial charge in [-0.25, -0.2) is 8.42 Å². The van der Waals surface area contributed by atoms with Crippen molar-refractivity contribution in [3.63, 3.8) is 0 Å². The SMILES string of the molecule is CS(=O)(=O)c1ccccc1CN1CCC(N2CCCN(C(=O)C3CC3)CC2)CC1. The van der Waals surface area contributed by atoms with Crippen molar-refractivity contribution in [1.82, 2.24) is 14.7 Å². The maximum Gasteiger partial charge on any atom is 0.225 e. The Kier molecular flexibility index (Phi) is 6.27. The van der Waals surface area contributed by atoms with Gasteiger partial charge in [0, 0.05) is 50.9 Å². The van der Waals surface area contributed by atoms with Gasteiger partial charge in [-0.15, -0.1) is 0 Å². The molecule has 1 saturated carbocycles. The van der Waals surface area contributed by atoms with Crippen molar-refractivity contribution in [1.29, 1.82) is 0 Å². The Morgan fingerprint density at radius 3 is 2.38 bits per heavy atom. The molecule has 0 aromatic heterocycles. The highest BCUT2D eigenvalue weighted by atomic mass is 32.2. The second kappa shape index (κ2) is 8.74. The van der Waals surface area contributed by atoms with Crippen molar-refractivity contribution in [2.24, 2.45) is 5.92 Å². The lowest BCUT2D eigenvalue weighted by molar-refractivity contribution is -0.132. The Hall–Kier alpha value is -1.44. The van der Waals surface area contributed by atoms with E-state index < -0.39 is 9.84 Å². The largest absolute Gasteiger partial charge is 0.341 e. The van der Waals surface area contributed by atoms with Gasteiger partial charge in [0.25, 0.3) is 0 Å². The molecule has 1 amide bonds. The average Bonchev–Trinajstić information content (AvgIpc) is 3.55. The van der Waals surface area contributed by atoms with Crippen LogP contribution in [0.1, 0.15) is 37.7 Å². The minimum absolute atomic E-state index is 0.319. The zero-order valence-electron chi connectivity index (χ0n) is 17.4. The van der Waals surface area contributed by atoms with Crippen LogP contribution in [0.25, 0.3) is 0 Å². The van der Waals surface area contributed by atoms with E-state index in [1.807, 2.05) is 12.1 Å². The molecule has 0 spiro atoms. The van der Waals surface area contributed by atoms with Gasteiger partial charge >= 0.3 is 0 Å². The normalized spacial score (nSPS) is 23.1. The summed E-state index contributed by atoms with van der Waals surface area (Å²) in [5.74, 6) is 0.700. The number of carbonyl (C=O) groups excluding carboxylic acids is 1. The Balaban J connectivity index is 1.29. The lowest BCUT2D eigenvalue weighted by Crippen LogP contribution is -2.46. The number of rotatable bonds is 5. The molecule has 4 rings (SSSR count). The van der Waals surface area contributed by atoms with Crippen LogP contribution in [0.4, 0.5) is 0 Å². The first kappa shape index (κ1) is 20.8. The number of benzene rings is 1. The molecule has 3 fully saturated rings. The van der Waals surface area contributed by atoms with Crippen molar-refractivity contribution in [3.8, 4) is 0 Å². The fraction of sp³-hybridized carbons (Fsp3) is 0.682. The van der Waals surface area contributed by atoms with Gasteiger partial charge in [-0.05, 0) is 56.8 Å². The van der Waals surface area contributed by atoms with Crippen molar-refractivity contribution in [2.75, 3.05) is 45.5 Å². The Morgan fingerprint density at radius 1 is 0.966 bits per heavy atom. The van der Waals surface area contributed by atoms with Crippen molar-refractivity contribution < 1.29 is 13.2 Å². The molecule has 1 aromatic rings. The number of nitrogens with zero attached hydrogens (tertiary/aromatic N) is 3. The highest BCUT2D eigenvalue weighted by Crippen LogP contribution is 2.31.